The molecule has 1 unspecified atom stereocenters. The number of carbonyl (C=O) groups excluding carboxylic acids is 2. The molecule has 1 aromatic carbocycles. The number of amides is 1. The van der Waals surface area contributed by atoms with Crippen molar-refractivity contribution in [3.05, 3.63) is 78.1 Å². The number of ketones is 1. The number of carbonyl (C=O) groups is 2. The predicted molar refractivity (Wildman–Crippen MR) is 113 cm³/mol. The minimum atomic E-state index is -0.718. The Morgan fingerprint density at radius 2 is 1.84 bits per heavy atom. The summed E-state index contributed by atoms with van der Waals surface area (Å²) in [4.78, 5) is 35.6. The highest BCUT2D eigenvalue weighted by Crippen LogP contribution is 2.41. The van der Waals surface area contributed by atoms with Gasteiger partial charge in [0.2, 0.25) is 6.79 Å². The van der Waals surface area contributed by atoms with Crippen LogP contribution in [0.3, 0.4) is 0 Å². The Hall–Kier alpha value is -4.14. The zero-order valence-electron chi connectivity index (χ0n) is 17.0. The van der Waals surface area contributed by atoms with Crippen molar-refractivity contribution in [1.82, 2.24) is 19.4 Å². The van der Waals surface area contributed by atoms with Crippen molar-refractivity contribution in [2.75, 3.05) is 13.3 Å². The summed E-state index contributed by atoms with van der Waals surface area (Å²) in [6.45, 7) is 1.08. The number of aromatic nitrogens is 3. The van der Waals surface area contributed by atoms with E-state index >= 15 is 0 Å². The Morgan fingerprint density at radius 3 is 2.62 bits per heavy atom. The summed E-state index contributed by atoms with van der Waals surface area (Å²) in [5.74, 6) is -0.568. The van der Waals surface area contributed by atoms with Gasteiger partial charge in [-0.1, -0.05) is 0 Å². The van der Waals surface area contributed by atoms with Crippen molar-refractivity contribution < 1.29 is 24.2 Å². The molecular weight excluding hydrogens is 412 g/mol. The van der Waals surface area contributed by atoms with Crippen LogP contribution in [0.15, 0.2) is 67.0 Å². The zero-order chi connectivity index (χ0) is 22.1. The molecule has 0 spiro atoms. The first-order valence-electron chi connectivity index (χ1n) is 10.2. The van der Waals surface area contributed by atoms with Crippen molar-refractivity contribution in [3.8, 4) is 11.5 Å². The highest BCUT2D eigenvalue weighted by atomic mass is 16.7. The molecule has 162 valence electrons. The number of aliphatic hydroxyl groups excluding tert-OH is 1. The van der Waals surface area contributed by atoms with Gasteiger partial charge in [0, 0.05) is 43.4 Å². The minimum Gasteiger partial charge on any atom is -0.507 e. The molecule has 1 amide bonds. The molecule has 2 aromatic heterocycles. The SMILES string of the molecule is O=C1C(=O)N(CCCn2ccnc2)C(c2ccncc2)/C1=C(\O)c1ccc2c(c1)OCO2. The van der Waals surface area contributed by atoms with Crippen LogP contribution in [0.4, 0.5) is 0 Å². The van der Waals surface area contributed by atoms with Crippen LogP contribution in [0.5, 0.6) is 11.5 Å². The third kappa shape index (κ3) is 3.47. The van der Waals surface area contributed by atoms with Gasteiger partial charge in [0.1, 0.15) is 5.76 Å². The summed E-state index contributed by atoms with van der Waals surface area (Å²) in [6.07, 6.45) is 9.05. The molecule has 0 aliphatic carbocycles. The lowest BCUT2D eigenvalue weighted by Gasteiger charge is -2.25. The summed E-state index contributed by atoms with van der Waals surface area (Å²) in [5, 5.41) is 11.1. The van der Waals surface area contributed by atoms with Crippen LogP contribution < -0.4 is 9.47 Å². The summed E-state index contributed by atoms with van der Waals surface area (Å²) in [6, 6.07) is 7.68. The molecule has 1 N–H and O–H groups in total. The van der Waals surface area contributed by atoms with Crippen LogP contribution >= 0.6 is 0 Å². The molecule has 2 aliphatic rings. The van der Waals surface area contributed by atoms with Crippen LogP contribution in [0.25, 0.3) is 5.76 Å². The van der Waals surface area contributed by atoms with Crippen molar-refractivity contribution in [2.45, 2.75) is 19.0 Å². The van der Waals surface area contributed by atoms with E-state index < -0.39 is 17.7 Å². The first kappa shape index (κ1) is 19.8. The summed E-state index contributed by atoms with van der Waals surface area (Å²) in [5.41, 5.74) is 1.12. The number of hydrogen-bond acceptors (Lipinski definition) is 7. The average Bonchev–Trinajstić information content (AvgIpc) is 3.55. The van der Waals surface area contributed by atoms with E-state index in [2.05, 4.69) is 9.97 Å². The van der Waals surface area contributed by atoms with E-state index in [1.807, 2.05) is 10.8 Å². The van der Waals surface area contributed by atoms with Gasteiger partial charge >= 0.3 is 0 Å². The van der Waals surface area contributed by atoms with E-state index in [0.29, 0.717) is 42.1 Å². The fraction of sp³-hybridized carbons (Fsp3) is 0.217. The maximum absolute atomic E-state index is 13.0. The number of ether oxygens (including phenoxy) is 2. The Morgan fingerprint density at radius 1 is 1.03 bits per heavy atom. The average molecular weight is 432 g/mol. The van der Waals surface area contributed by atoms with E-state index in [0.717, 1.165) is 0 Å². The molecule has 9 nitrogen and oxygen atoms in total. The lowest BCUT2D eigenvalue weighted by molar-refractivity contribution is -0.139. The smallest absolute Gasteiger partial charge is 0.295 e. The topological polar surface area (TPSA) is 107 Å². The molecular formula is C23H20N4O5. The molecule has 0 radical (unpaired) electrons. The molecule has 1 saturated heterocycles. The molecule has 2 aliphatic heterocycles. The first-order valence-corrected chi connectivity index (χ1v) is 10.2. The van der Waals surface area contributed by atoms with Gasteiger partial charge < -0.3 is 24.0 Å². The van der Waals surface area contributed by atoms with Crippen molar-refractivity contribution in [1.29, 1.82) is 0 Å². The highest BCUT2D eigenvalue weighted by molar-refractivity contribution is 6.46. The normalized spacial score (nSPS) is 19.0. The van der Waals surface area contributed by atoms with E-state index in [1.165, 1.54) is 4.90 Å². The number of aliphatic hydroxyl groups is 1. The van der Waals surface area contributed by atoms with Gasteiger partial charge in [-0.25, -0.2) is 4.98 Å². The Balaban J connectivity index is 1.52. The molecule has 3 aromatic rings. The number of hydrogen-bond donors (Lipinski definition) is 1. The molecule has 9 heteroatoms. The van der Waals surface area contributed by atoms with E-state index in [-0.39, 0.29) is 18.1 Å². The molecule has 5 rings (SSSR count). The van der Waals surface area contributed by atoms with E-state index in [4.69, 9.17) is 9.47 Å². The number of benzene rings is 1. The third-order valence-electron chi connectivity index (χ3n) is 5.58. The van der Waals surface area contributed by atoms with Gasteiger partial charge in [-0.3, -0.25) is 14.6 Å². The number of likely N-dealkylation sites (tertiary alicyclic amines) is 1. The summed E-state index contributed by atoms with van der Waals surface area (Å²) < 4.78 is 12.6. The monoisotopic (exact) mass is 432 g/mol. The van der Waals surface area contributed by atoms with Crippen LogP contribution in [0.1, 0.15) is 23.6 Å². The maximum Gasteiger partial charge on any atom is 0.295 e. The molecule has 0 saturated carbocycles. The number of aryl methyl sites for hydroxylation is 1. The molecule has 1 atom stereocenters. The van der Waals surface area contributed by atoms with Crippen LogP contribution in [0, 0.1) is 0 Å². The number of pyridine rings is 1. The second kappa shape index (κ2) is 8.18. The van der Waals surface area contributed by atoms with Gasteiger partial charge in [-0.2, -0.15) is 0 Å². The number of fused-ring (bicyclic) bond motifs is 1. The van der Waals surface area contributed by atoms with Crippen LogP contribution in [-0.2, 0) is 16.1 Å². The van der Waals surface area contributed by atoms with Gasteiger partial charge in [-0.15, -0.1) is 0 Å². The second-order valence-corrected chi connectivity index (χ2v) is 7.50. The van der Waals surface area contributed by atoms with Crippen LogP contribution in [0.2, 0.25) is 0 Å². The molecule has 32 heavy (non-hydrogen) atoms. The zero-order valence-corrected chi connectivity index (χ0v) is 17.0. The summed E-state index contributed by atoms with van der Waals surface area (Å²) >= 11 is 0. The molecule has 1 fully saturated rings. The highest BCUT2D eigenvalue weighted by Gasteiger charge is 2.45. The second-order valence-electron chi connectivity index (χ2n) is 7.50. The van der Waals surface area contributed by atoms with Gasteiger partial charge in [0.15, 0.2) is 11.5 Å². The Kier molecular flexibility index (Phi) is 5.06. The van der Waals surface area contributed by atoms with Crippen molar-refractivity contribution >= 4 is 17.4 Å². The lowest BCUT2D eigenvalue weighted by atomic mass is 9.96. The quantitative estimate of drug-likeness (QED) is 0.362. The molecule has 0 bridgehead atoms. The largest absolute Gasteiger partial charge is 0.507 e. The van der Waals surface area contributed by atoms with E-state index in [1.54, 1.807) is 55.2 Å². The fourth-order valence-corrected chi connectivity index (χ4v) is 4.04. The number of imidazole rings is 1. The third-order valence-corrected chi connectivity index (χ3v) is 5.58. The number of Topliss-reactive ketones (excluding diaryl/α,β-unsaturated/α-hetero) is 1. The number of nitrogens with zero attached hydrogens (tertiary/aromatic N) is 4. The van der Waals surface area contributed by atoms with Gasteiger partial charge in [0.25, 0.3) is 11.7 Å². The molecule has 4 heterocycles. The standard InChI is InChI=1S/C23H20N4O5/c28-21(16-2-3-17-18(12-16)32-14-31-17)19-20(15-4-6-24-7-5-15)27(23(30)22(19)29)10-1-9-26-11-8-25-13-26/h2-8,11-13,20,28H,1,9-10,14H2/b21-19+. The Labute approximate surface area is 183 Å². The van der Waals surface area contributed by atoms with Gasteiger partial charge in [0.05, 0.1) is 17.9 Å². The minimum absolute atomic E-state index is 0.0442. The first-order chi connectivity index (χ1) is 15.6. The predicted octanol–water partition coefficient (Wildman–Crippen LogP) is 2.52. The fourth-order valence-electron chi connectivity index (χ4n) is 4.04. The van der Waals surface area contributed by atoms with Gasteiger partial charge in [-0.05, 0) is 42.3 Å². The summed E-state index contributed by atoms with van der Waals surface area (Å²) in [7, 11) is 0. The van der Waals surface area contributed by atoms with Crippen molar-refractivity contribution in [2.24, 2.45) is 0 Å². The number of rotatable bonds is 6. The lowest BCUT2D eigenvalue weighted by Crippen LogP contribution is -2.31. The van der Waals surface area contributed by atoms with E-state index in [9.17, 15) is 14.7 Å². The van der Waals surface area contributed by atoms with Crippen LogP contribution in [-0.4, -0.2) is 49.6 Å². The maximum atomic E-state index is 13.0. The Bertz CT molecular complexity index is 1190. The van der Waals surface area contributed by atoms with Crippen molar-refractivity contribution in [3.63, 3.8) is 0 Å².